The number of aliphatic hydroxyl groups is 1. The Morgan fingerprint density at radius 2 is 2.17 bits per heavy atom. The van der Waals surface area contributed by atoms with Gasteiger partial charge < -0.3 is 20.1 Å². The van der Waals surface area contributed by atoms with Crippen LogP contribution in [0.4, 0.5) is 10.5 Å². The van der Waals surface area contributed by atoms with Crippen LogP contribution in [0.1, 0.15) is 18.9 Å². The number of ether oxygens (including phenoxy) is 1. The average Bonchev–Trinajstić information content (AvgIpc) is 3.09. The summed E-state index contributed by atoms with van der Waals surface area (Å²) in [4.78, 5) is 35.9. The molecule has 1 aromatic rings. The van der Waals surface area contributed by atoms with Gasteiger partial charge in [-0.2, -0.15) is 5.26 Å². The summed E-state index contributed by atoms with van der Waals surface area (Å²) in [6.45, 7) is 1.74. The number of β-amino-alcohol motifs (C(OH)–C–C–N with tert-alkyl or cyclic N) is 1. The number of nitro benzene ring substituents is 1. The zero-order valence-corrected chi connectivity index (χ0v) is 16.6. The van der Waals surface area contributed by atoms with Crippen molar-refractivity contribution >= 4 is 29.4 Å². The minimum atomic E-state index is -0.671. The van der Waals surface area contributed by atoms with Gasteiger partial charge in [0.25, 0.3) is 5.69 Å². The van der Waals surface area contributed by atoms with E-state index in [0.717, 1.165) is 0 Å². The molecule has 2 N–H and O–H groups in total. The number of nitro groups is 1. The van der Waals surface area contributed by atoms with Crippen molar-refractivity contribution in [1.82, 2.24) is 10.2 Å². The molecule has 156 valence electrons. The van der Waals surface area contributed by atoms with Crippen LogP contribution in [0.25, 0.3) is 0 Å². The molecule has 1 aliphatic rings. The predicted molar refractivity (Wildman–Crippen MR) is 105 cm³/mol. The van der Waals surface area contributed by atoms with Crippen LogP contribution < -0.4 is 5.32 Å². The van der Waals surface area contributed by atoms with Gasteiger partial charge in [0.1, 0.15) is 13.2 Å². The first-order chi connectivity index (χ1) is 13.8. The number of aliphatic hydroxyl groups excluding tert-OH is 1. The Kier molecular flexibility index (Phi) is 8.23. The molecule has 2 rings (SSSR count). The Morgan fingerprint density at radius 1 is 1.48 bits per heavy atom. The molecule has 11 heteroatoms. The van der Waals surface area contributed by atoms with E-state index in [4.69, 9.17) is 10.00 Å². The Labute approximate surface area is 172 Å². The Hall–Kier alpha value is -2.84. The highest BCUT2D eigenvalue weighted by atomic mass is 32.2. The normalized spacial score (nSPS) is 19.3. The van der Waals surface area contributed by atoms with Gasteiger partial charge in [-0.3, -0.25) is 14.9 Å². The first kappa shape index (κ1) is 22.4. The third kappa shape index (κ3) is 6.62. The number of nitrogens with one attached hydrogen (secondary N) is 1. The number of nitrogens with zero attached hydrogens (tertiary/aromatic N) is 3. The van der Waals surface area contributed by atoms with Crippen LogP contribution in [-0.2, 0) is 16.1 Å². The second-order valence-electron chi connectivity index (χ2n) is 6.53. The van der Waals surface area contributed by atoms with Crippen molar-refractivity contribution in [1.29, 1.82) is 5.26 Å². The fraction of sp³-hybridized carbons (Fsp3) is 0.500. The zero-order valence-electron chi connectivity index (χ0n) is 15.8. The molecule has 0 radical (unpaired) electrons. The topological polar surface area (TPSA) is 146 Å². The van der Waals surface area contributed by atoms with Gasteiger partial charge in [0.2, 0.25) is 5.91 Å². The van der Waals surface area contributed by atoms with E-state index in [0.29, 0.717) is 17.7 Å². The number of hydrogen-bond donors (Lipinski definition) is 2. The fourth-order valence-electron chi connectivity index (χ4n) is 2.82. The molecule has 0 aliphatic carbocycles. The van der Waals surface area contributed by atoms with Gasteiger partial charge in [-0.15, -0.1) is 11.8 Å². The smallest absolute Gasteiger partial charge is 0.410 e. The molecule has 1 aliphatic heterocycles. The van der Waals surface area contributed by atoms with E-state index in [9.17, 15) is 24.8 Å². The summed E-state index contributed by atoms with van der Waals surface area (Å²) in [5.74, 6) is 0.174. The number of thioether (sulfide) groups is 1. The summed E-state index contributed by atoms with van der Waals surface area (Å²) >= 11 is 1.33. The number of amides is 2. The number of carbonyl (C=O) groups is 2. The predicted octanol–water partition coefficient (Wildman–Crippen LogP) is 1.43. The molecule has 2 amide bonds. The van der Waals surface area contributed by atoms with Crippen LogP contribution in [0.3, 0.4) is 0 Å². The first-order valence-corrected chi connectivity index (χ1v) is 9.97. The van der Waals surface area contributed by atoms with E-state index in [-0.39, 0.29) is 37.3 Å². The SMILES string of the molecule is CC(SCC1CC(O)CN1C(=O)OCc1ccc([N+](=O)[O-])cc1)C(=O)NCC#N. The van der Waals surface area contributed by atoms with Crippen molar-refractivity contribution in [2.75, 3.05) is 18.8 Å². The number of hydrogen-bond acceptors (Lipinski definition) is 8. The zero-order chi connectivity index (χ0) is 21.4. The van der Waals surface area contributed by atoms with Gasteiger partial charge >= 0.3 is 6.09 Å². The molecule has 1 fully saturated rings. The van der Waals surface area contributed by atoms with Crippen molar-refractivity contribution in [2.24, 2.45) is 0 Å². The maximum absolute atomic E-state index is 12.4. The molecule has 3 unspecified atom stereocenters. The van der Waals surface area contributed by atoms with Gasteiger partial charge in [-0.05, 0) is 31.0 Å². The second-order valence-corrected chi connectivity index (χ2v) is 7.90. The Balaban J connectivity index is 1.86. The van der Waals surface area contributed by atoms with Crippen LogP contribution in [0.5, 0.6) is 0 Å². The highest BCUT2D eigenvalue weighted by Crippen LogP contribution is 2.25. The molecule has 1 heterocycles. The molecule has 1 saturated heterocycles. The van der Waals surface area contributed by atoms with Crippen molar-refractivity contribution < 1.29 is 24.4 Å². The molecule has 0 spiro atoms. The van der Waals surface area contributed by atoms with E-state index < -0.39 is 22.4 Å². The highest BCUT2D eigenvalue weighted by molar-refractivity contribution is 8.00. The summed E-state index contributed by atoms with van der Waals surface area (Å²) in [5.41, 5.74) is 0.560. The van der Waals surface area contributed by atoms with Crippen LogP contribution in [-0.4, -0.2) is 63.2 Å². The minimum Gasteiger partial charge on any atom is -0.445 e. The summed E-state index contributed by atoms with van der Waals surface area (Å²) in [7, 11) is 0. The lowest BCUT2D eigenvalue weighted by Gasteiger charge is -2.24. The van der Waals surface area contributed by atoms with Crippen molar-refractivity contribution in [2.45, 2.75) is 37.3 Å². The fourth-order valence-corrected chi connectivity index (χ4v) is 3.88. The van der Waals surface area contributed by atoms with Gasteiger partial charge in [-0.1, -0.05) is 0 Å². The summed E-state index contributed by atoms with van der Waals surface area (Å²) < 4.78 is 5.28. The third-order valence-electron chi connectivity index (χ3n) is 4.39. The molecule has 0 aromatic heterocycles. The van der Waals surface area contributed by atoms with Gasteiger partial charge in [-0.25, -0.2) is 4.79 Å². The van der Waals surface area contributed by atoms with Gasteiger partial charge in [0, 0.05) is 23.9 Å². The number of non-ortho nitro benzene ring substituents is 1. The summed E-state index contributed by atoms with van der Waals surface area (Å²) in [6, 6.07) is 7.25. The molecule has 0 saturated carbocycles. The lowest BCUT2D eigenvalue weighted by atomic mass is 10.2. The standard InChI is InChI=1S/C18H22N4O6S/c1-12(17(24)20-7-6-19)29-11-15-8-16(23)9-21(15)18(25)28-10-13-2-4-14(5-3-13)22(26)27/h2-5,12,15-16,23H,7-11H2,1H3,(H,20,24). The Bertz CT molecular complexity index is 782. The molecule has 10 nitrogen and oxygen atoms in total. The number of rotatable bonds is 8. The number of benzene rings is 1. The lowest BCUT2D eigenvalue weighted by Crippen LogP contribution is -2.39. The molecule has 29 heavy (non-hydrogen) atoms. The lowest BCUT2D eigenvalue weighted by molar-refractivity contribution is -0.384. The quantitative estimate of drug-likeness (QED) is 0.363. The van der Waals surface area contributed by atoms with E-state index in [1.807, 2.05) is 6.07 Å². The van der Waals surface area contributed by atoms with Crippen LogP contribution in [0.15, 0.2) is 24.3 Å². The highest BCUT2D eigenvalue weighted by Gasteiger charge is 2.35. The monoisotopic (exact) mass is 422 g/mol. The number of carbonyl (C=O) groups excluding carboxylic acids is 2. The largest absolute Gasteiger partial charge is 0.445 e. The van der Waals surface area contributed by atoms with Crippen molar-refractivity contribution in [3.8, 4) is 6.07 Å². The third-order valence-corrected chi connectivity index (χ3v) is 5.68. The van der Waals surface area contributed by atoms with E-state index in [2.05, 4.69) is 5.32 Å². The number of nitriles is 1. The van der Waals surface area contributed by atoms with Gasteiger partial charge in [0.15, 0.2) is 0 Å². The number of likely N-dealkylation sites (tertiary alicyclic amines) is 1. The van der Waals surface area contributed by atoms with Crippen molar-refractivity contribution in [3.63, 3.8) is 0 Å². The molecule has 1 aromatic carbocycles. The molecular weight excluding hydrogens is 400 g/mol. The Morgan fingerprint density at radius 3 is 2.79 bits per heavy atom. The maximum Gasteiger partial charge on any atom is 0.410 e. The van der Waals surface area contributed by atoms with Crippen LogP contribution in [0.2, 0.25) is 0 Å². The molecular formula is C18H22N4O6S. The van der Waals surface area contributed by atoms with Crippen molar-refractivity contribution in [3.05, 3.63) is 39.9 Å². The molecule has 3 atom stereocenters. The molecule has 0 bridgehead atoms. The van der Waals surface area contributed by atoms with E-state index >= 15 is 0 Å². The van der Waals surface area contributed by atoms with Gasteiger partial charge in [0.05, 0.1) is 28.9 Å². The van der Waals surface area contributed by atoms with E-state index in [1.54, 1.807) is 6.92 Å². The first-order valence-electron chi connectivity index (χ1n) is 8.93. The summed E-state index contributed by atoms with van der Waals surface area (Å²) in [6.07, 6.45) is -0.881. The van der Waals surface area contributed by atoms with Crippen LogP contribution >= 0.6 is 11.8 Å². The second kappa shape index (κ2) is 10.6. The maximum atomic E-state index is 12.4. The minimum absolute atomic E-state index is 0.0454. The van der Waals surface area contributed by atoms with Crippen LogP contribution in [0, 0.1) is 21.4 Å². The average molecular weight is 422 g/mol. The summed E-state index contributed by atoms with van der Waals surface area (Å²) in [5, 5.41) is 31.2. The van der Waals surface area contributed by atoms with E-state index in [1.165, 1.54) is 40.9 Å².